The smallest absolute Gasteiger partial charge is 0.154 e. The van der Waals surface area contributed by atoms with E-state index in [2.05, 4.69) is 25.9 Å². The largest absolute Gasteiger partial charge is 0.325 e. The van der Waals surface area contributed by atoms with Crippen molar-refractivity contribution in [3.63, 3.8) is 0 Å². The van der Waals surface area contributed by atoms with Gasteiger partial charge in [0.25, 0.3) is 0 Å². The fourth-order valence-electron chi connectivity index (χ4n) is 2.22. The summed E-state index contributed by atoms with van der Waals surface area (Å²) in [6, 6.07) is 0. The molecular weight excluding hydrogens is 238 g/mol. The van der Waals surface area contributed by atoms with Crippen LogP contribution >= 0.6 is 0 Å². The van der Waals surface area contributed by atoms with E-state index in [-0.39, 0.29) is 17.0 Å². The zero-order valence-electron chi connectivity index (χ0n) is 10.5. The van der Waals surface area contributed by atoms with Gasteiger partial charge in [-0.25, -0.2) is 8.42 Å². The highest BCUT2D eigenvalue weighted by atomic mass is 32.2. The Balaban J connectivity index is 2.59. The molecule has 1 aromatic heterocycles. The zero-order chi connectivity index (χ0) is 12.8. The highest BCUT2D eigenvalue weighted by molar-refractivity contribution is 7.90. The molecule has 1 aliphatic heterocycles. The molecule has 6 heteroatoms. The van der Waals surface area contributed by atoms with Crippen LogP contribution in [-0.4, -0.2) is 24.0 Å². The van der Waals surface area contributed by atoms with Crippen LogP contribution in [0.3, 0.4) is 0 Å². The van der Waals surface area contributed by atoms with Crippen LogP contribution in [0.1, 0.15) is 37.7 Å². The van der Waals surface area contributed by atoms with E-state index < -0.39 is 9.84 Å². The highest BCUT2D eigenvalue weighted by Gasteiger charge is 2.31. The monoisotopic (exact) mass is 257 g/mol. The minimum absolute atomic E-state index is 0.0882. The number of fused-ring (bicyclic) bond motifs is 1. The molecule has 0 aliphatic carbocycles. The van der Waals surface area contributed by atoms with Crippen molar-refractivity contribution in [3.05, 3.63) is 17.0 Å². The van der Waals surface area contributed by atoms with E-state index in [4.69, 9.17) is 5.73 Å². The fourth-order valence-corrected chi connectivity index (χ4v) is 3.64. The molecule has 0 unspecified atom stereocenters. The second-order valence-electron chi connectivity index (χ2n) is 5.50. The molecule has 1 aliphatic rings. The third-order valence-electron chi connectivity index (χ3n) is 3.02. The Morgan fingerprint density at radius 3 is 2.59 bits per heavy atom. The molecule has 0 spiro atoms. The number of sulfone groups is 1. The molecular formula is C11H19N3O2S. The van der Waals surface area contributed by atoms with E-state index in [0.29, 0.717) is 13.0 Å². The lowest BCUT2D eigenvalue weighted by atomic mass is 10.1. The molecule has 17 heavy (non-hydrogen) atoms. The van der Waals surface area contributed by atoms with Crippen LogP contribution in [0.4, 0.5) is 0 Å². The molecule has 96 valence electrons. The second kappa shape index (κ2) is 3.81. The molecule has 0 radical (unpaired) electrons. The third kappa shape index (κ3) is 2.24. The van der Waals surface area contributed by atoms with E-state index >= 15 is 0 Å². The normalized spacial score (nSPS) is 19.1. The van der Waals surface area contributed by atoms with Crippen molar-refractivity contribution in [3.8, 4) is 0 Å². The standard InChI is InChI=1S/C11H19N3O2S/c1-11(2,3)14-10-4-5-17(15,16)7-8(10)9(6-12)13-14/h4-7,12H2,1-3H3. The molecule has 0 atom stereocenters. The van der Waals surface area contributed by atoms with Gasteiger partial charge >= 0.3 is 0 Å². The number of hydrogen-bond donors (Lipinski definition) is 1. The van der Waals surface area contributed by atoms with Crippen molar-refractivity contribution < 1.29 is 8.42 Å². The van der Waals surface area contributed by atoms with Crippen molar-refractivity contribution >= 4 is 9.84 Å². The molecule has 0 bridgehead atoms. The van der Waals surface area contributed by atoms with Gasteiger partial charge in [0.15, 0.2) is 9.84 Å². The maximum absolute atomic E-state index is 11.7. The molecule has 0 fully saturated rings. The average molecular weight is 257 g/mol. The van der Waals surface area contributed by atoms with Crippen LogP contribution in [0, 0.1) is 0 Å². The predicted octanol–water partition coefficient (Wildman–Crippen LogP) is 0.568. The first-order valence-corrected chi connectivity index (χ1v) is 7.57. The van der Waals surface area contributed by atoms with Gasteiger partial charge in [0.05, 0.1) is 22.7 Å². The van der Waals surface area contributed by atoms with Crippen LogP contribution in [0.25, 0.3) is 0 Å². The molecule has 0 saturated carbocycles. The summed E-state index contributed by atoms with van der Waals surface area (Å²) in [5.74, 6) is 0.302. The van der Waals surface area contributed by atoms with Gasteiger partial charge in [0.1, 0.15) is 0 Å². The van der Waals surface area contributed by atoms with Crippen molar-refractivity contribution in [2.24, 2.45) is 5.73 Å². The van der Waals surface area contributed by atoms with Crippen LogP contribution < -0.4 is 5.73 Å². The van der Waals surface area contributed by atoms with Crippen molar-refractivity contribution in [2.75, 3.05) is 5.75 Å². The Bertz CT molecular complexity index is 538. The van der Waals surface area contributed by atoms with Gasteiger partial charge in [-0.2, -0.15) is 5.10 Å². The molecule has 0 amide bonds. The first-order valence-electron chi connectivity index (χ1n) is 5.75. The fraction of sp³-hybridized carbons (Fsp3) is 0.727. The van der Waals surface area contributed by atoms with Gasteiger partial charge in [-0.05, 0) is 20.8 Å². The second-order valence-corrected chi connectivity index (χ2v) is 7.68. The summed E-state index contributed by atoms with van der Waals surface area (Å²) in [5.41, 5.74) is 8.09. The van der Waals surface area contributed by atoms with Crippen LogP contribution in [-0.2, 0) is 34.1 Å². The Hall–Kier alpha value is -0.880. The molecule has 2 heterocycles. The maximum Gasteiger partial charge on any atom is 0.154 e. The van der Waals surface area contributed by atoms with Gasteiger partial charge in [-0.3, -0.25) is 4.68 Å². The van der Waals surface area contributed by atoms with Crippen LogP contribution in [0.2, 0.25) is 0 Å². The average Bonchev–Trinajstić information content (AvgIpc) is 2.53. The van der Waals surface area contributed by atoms with Gasteiger partial charge in [0.2, 0.25) is 0 Å². The predicted molar refractivity (Wildman–Crippen MR) is 66.3 cm³/mol. The summed E-state index contributed by atoms with van der Waals surface area (Å²) >= 11 is 0. The molecule has 0 aromatic carbocycles. The lowest BCUT2D eigenvalue weighted by Gasteiger charge is -2.24. The van der Waals surface area contributed by atoms with E-state index in [1.807, 2.05) is 4.68 Å². The number of rotatable bonds is 1. The zero-order valence-corrected chi connectivity index (χ0v) is 11.3. The van der Waals surface area contributed by atoms with E-state index in [0.717, 1.165) is 17.0 Å². The first kappa shape index (κ1) is 12.6. The lowest BCUT2D eigenvalue weighted by molar-refractivity contribution is 0.341. The van der Waals surface area contributed by atoms with Crippen molar-refractivity contribution in [1.29, 1.82) is 0 Å². The summed E-state index contributed by atoms with van der Waals surface area (Å²) in [7, 11) is -2.97. The summed E-state index contributed by atoms with van der Waals surface area (Å²) in [4.78, 5) is 0. The minimum atomic E-state index is -2.97. The van der Waals surface area contributed by atoms with Gasteiger partial charge in [0, 0.05) is 24.2 Å². The van der Waals surface area contributed by atoms with Crippen molar-refractivity contribution in [1.82, 2.24) is 9.78 Å². The van der Waals surface area contributed by atoms with E-state index in [1.165, 1.54) is 0 Å². The maximum atomic E-state index is 11.7. The van der Waals surface area contributed by atoms with Crippen LogP contribution in [0.5, 0.6) is 0 Å². The number of nitrogens with two attached hydrogens (primary N) is 1. The molecule has 1 aromatic rings. The van der Waals surface area contributed by atoms with Gasteiger partial charge in [-0.15, -0.1) is 0 Å². The van der Waals surface area contributed by atoms with E-state index in [1.54, 1.807) is 0 Å². The summed E-state index contributed by atoms with van der Waals surface area (Å²) in [5, 5.41) is 4.47. The summed E-state index contributed by atoms with van der Waals surface area (Å²) < 4.78 is 25.3. The highest BCUT2D eigenvalue weighted by Crippen LogP contribution is 2.28. The first-order chi connectivity index (χ1) is 7.74. The molecule has 2 N–H and O–H groups in total. The summed E-state index contributed by atoms with van der Waals surface area (Å²) in [6.07, 6.45) is 0.544. The van der Waals surface area contributed by atoms with Crippen molar-refractivity contribution in [2.45, 2.75) is 45.0 Å². The number of aromatic nitrogens is 2. The molecule has 0 saturated heterocycles. The van der Waals surface area contributed by atoms with Crippen LogP contribution in [0.15, 0.2) is 0 Å². The lowest BCUT2D eigenvalue weighted by Crippen LogP contribution is -2.28. The van der Waals surface area contributed by atoms with Gasteiger partial charge < -0.3 is 5.73 Å². The Kier molecular flexibility index (Phi) is 2.82. The number of nitrogens with zero attached hydrogens (tertiary/aromatic N) is 2. The quantitative estimate of drug-likeness (QED) is 0.797. The van der Waals surface area contributed by atoms with E-state index in [9.17, 15) is 8.42 Å². The third-order valence-corrected chi connectivity index (χ3v) is 4.57. The minimum Gasteiger partial charge on any atom is -0.325 e. The Morgan fingerprint density at radius 2 is 2.06 bits per heavy atom. The number of hydrogen-bond acceptors (Lipinski definition) is 4. The van der Waals surface area contributed by atoms with Gasteiger partial charge in [-0.1, -0.05) is 0 Å². The Labute approximate surface area is 102 Å². The molecule has 2 rings (SSSR count). The Morgan fingerprint density at radius 1 is 1.41 bits per heavy atom. The topological polar surface area (TPSA) is 78.0 Å². The SMILES string of the molecule is CC(C)(C)n1nc(CN)c2c1CCS(=O)(=O)C2. The molecule has 5 nitrogen and oxygen atoms in total. The summed E-state index contributed by atoms with van der Waals surface area (Å²) in [6.45, 7) is 6.47.